The summed E-state index contributed by atoms with van der Waals surface area (Å²) in [5.74, 6) is -3.81. The first-order valence-corrected chi connectivity index (χ1v) is 16.7. The highest BCUT2D eigenvalue weighted by Crippen LogP contribution is 2.37. The maximum absolute atomic E-state index is 16.0. The average molecular weight is 779 g/mol. The molecule has 0 aliphatic heterocycles. The summed E-state index contributed by atoms with van der Waals surface area (Å²) in [5, 5.41) is 13.2. The number of esters is 1. The number of hydrogen-bond donors (Lipinski definition) is 2. The van der Waals surface area contributed by atoms with E-state index in [2.05, 4.69) is 21.2 Å². The normalized spacial score (nSPS) is 12.9. The van der Waals surface area contributed by atoms with E-state index in [1.54, 1.807) is 45.0 Å². The molecule has 2 N–H and O–H groups in total. The number of alkyl halides is 3. The molecular weight excluding hydrogens is 741 g/mol. The van der Waals surface area contributed by atoms with Gasteiger partial charge < -0.3 is 20.1 Å². The van der Waals surface area contributed by atoms with Crippen LogP contribution in [0.2, 0.25) is 0 Å². The predicted octanol–water partition coefficient (Wildman–Crippen LogP) is 7.40. The number of hydrogen-bond acceptors (Lipinski definition) is 6. The van der Waals surface area contributed by atoms with E-state index in [0.717, 1.165) is 12.3 Å². The summed E-state index contributed by atoms with van der Waals surface area (Å²) in [6, 6.07) is 8.18. The number of nitrogens with one attached hydrogen (secondary N) is 1. The van der Waals surface area contributed by atoms with E-state index < -0.39 is 59.3 Å². The van der Waals surface area contributed by atoms with Gasteiger partial charge in [-0.3, -0.25) is 19.0 Å². The van der Waals surface area contributed by atoms with Crippen LogP contribution in [0.5, 0.6) is 5.75 Å². The summed E-state index contributed by atoms with van der Waals surface area (Å²) in [6.45, 7) is 4.85. The number of aryl methyl sites for hydroxylation is 2. The monoisotopic (exact) mass is 777 g/mol. The number of nitrogens with zero attached hydrogens (tertiary/aromatic N) is 2. The number of ether oxygens (including phenoxy) is 1. The fourth-order valence-electron chi connectivity index (χ4n) is 5.84. The first kappa shape index (κ1) is 39.2. The van der Waals surface area contributed by atoms with Gasteiger partial charge in [-0.15, -0.1) is 0 Å². The number of aromatic nitrogens is 1. The van der Waals surface area contributed by atoms with Crippen LogP contribution < -0.4 is 10.9 Å². The van der Waals surface area contributed by atoms with Crippen molar-refractivity contribution < 1.29 is 41.4 Å². The van der Waals surface area contributed by atoms with Crippen LogP contribution in [0.1, 0.15) is 58.8 Å². The lowest BCUT2D eigenvalue weighted by molar-refractivity contribution is -0.144. The Bertz CT molecular complexity index is 1980. The van der Waals surface area contributed by atoms with E-state index in [-0.39, 0.29) is 47.6 Å². The molecule has 4 rings (SSSR count). The molecule has 0 aliphatic carbocycles. The second-order valence-corrected chi connectivity index (χ2v) is 13.2. The maximum atomic E-state index is 16.0. The van der Waals surface area contributed by atoms with Crippen LogP contribution in [-0.4, -0.2) is 53.7 Å². The van der Waals surface area contributed by atoms with Gasteiger partial charge in [0.1, 0.15) is 23.4 Å². The van der Waals surface area contributed by atoms with E-state index in [1.807, 2.05) is 0 Å². The zero-order valence-corrected chi connectivity index (χ0v) is 30.1. The summed E-state index contributed by atoms with van der Waals surface area (Å²) >= 11 is 3.22. The Morgan fingerprint density at radius 2 is 1.73 bits per heavy atom. The molecule has 0 saturated carbocycles. The minimum atomic E-state index is -4.91. The van der Waals surface area contributed by atoms with Gasteiger partial charge in [-0.25, -0.2) is 8.78 Å². The third-order valence-electron chi connectivity index (χ3n) is 8.27. The van der Waals surface area contributed by atoms with E-state index in [0.29, 0.717) is 31.8 Å². The van der Waals surface area contributed by atoms with E-state index in [9.17, 15) is 32.7 Å². The number of halogens is 6. The number of aromatic hydroxyl groups is 1. The molecule has 0 radical (unpaired) electrons. The highest BCUT2D eigenvalue weighted by Gasteiger charge is 2.37. The van der Waals surface area contributed by atoms with Crippen LogP contribution in [0.15, 0.2) is 70.1 Å². The smallest absolute Gasteiger partial charge is 0.416 e. The van der Waals surface area contributed by atoms with Gasteiger partial charge in [0.05, 0.1) is 24.6 Å². The molecule has 3 aromatic carbocycles. The minimum Gasteiger partial charge on any atom is -0.507 e. The van der Waals surface area contributed by atoms with Crippen molar-refractivity contribution >= 4 is 27.8 Å². The number of rotatable bonds is 12. The van der Waals surface area contributed by atoms with Crippen LogP contribution >= 0.6 is 15.9 Å². The Morgan fingerprint density at radius 1 is 1.02 bits per heavy atom. The number of phenolic OH excluding ortho intramolecular Hbond substituents is 1. The van der Waals surface area contributed by atoms with Crippen LogP contribution in [0.3, 0.4) is 0 Å². The van der Waals surface area contributed by atoms with Crippen LogP contribution in [0.25, 0.3) is 11.1 Å². The maximum Gasteiger partial charge on any atom is 0.416 e. The molecule has 272 valence electrons. The first-order valence-electron chi connectivity index (χ1n) is 15.9. The highest BCUT2D eigenvalue weighted by molar-refractivity contribution is 9.10. The van der Waals surface area contributed by atoms with Crippen molar-refractivity contribution in [2.75, 3.05) is 27.2 Å². The molecule has 1 unspecified atom stereocenters. The van der Waals surface area contributed by atoms with Crippen LogP contribution in [-0.2, 0) is 26.9 Å². The van der Waals surface area contributed by atoms with Gasteiger partial charge >= 0.3 is 12.1 Å². The molecule has 2 atom stereocenters. The lowest BCUT2D eigenvalue weighted by Gasteiger charge is -2.27. The van der Waals surface area contributed by atoms with Crippen molar-refractivity contribution in [1.29, 1.82) is 0 Å². The third kappa shape index (κ3) is 9.22. The first-order chi connectivity index (χ1) is 23.9. The summed E-state index contributed by atoms with van der Waals surface area (Å²) in [4.78, 5) is 42.4. The fourth-order valence-corrected chi connectivity index (χ4v) is 6.22. The molecule has 0 fully saturated rings. The van der Waals surface area contributed by atoms with Crippen molar-refractivity contribution in [2.24, 2.45) is 0 Å². The topological polar surface area (TPSA) is 101 Å². The van der Waals surface area contributed by atoms with Crippen molar-refractivity contribution in [2.45, 2.75) is 51.9 Å². The molecule has 1 heterocycles. The van der Waals surface area contributed by atoms with Gasteiger partial charge in [0.25, 0.3) is 5.56 Å². The third-order valence-corrected chi connectivity index (χ3v) is 8.76. The number of benzene rings is 3. The molecule has 0 aliphatic rings. The van der Waals surface area contributed by atoms with E-state index >= 15 is 8.78 Å². The van der Waals surface area contributed by atoms with Gasteiger partial charge in [-0.2, -0.15) is 13.2 Å². The molecule has 0 bridgehead atoms. The largest absolute Gasteiger partial charge is 0.507 e. The van der Waals surface area contributed by atoms with E-state index in [4.69, 9.17) is 4.74 Å². The SMILES string of the molecule is CCOC(=O)C[C@H](NC(=O)C(c1cc(Br)ccc1F)n1cc(CCN(C)C)c(C(F)(F)F)cc1=O)c1cc(-c2c(C)cccc2O)cc(C)c1F. The number of carbonyl (C=O) groups is 2. The van der Waals surface area contributed by atoms with Crippen molar-refractivity contribution in [3.05, 3.63) is 121 Å². The number of pyridine rings is 1. The number of likely N-dealkylation sites (N-methyl/N-ethyl adjacent to an activating group) is 1. The quantitative estimate of drug-likeness (QED) is 0.115. The van der Waals surface area contributed by atoms with E-state index in [1.165, 1.54) is 37.3 Å². The standard InChI is InChI=1S/C37H37BrF5N3O5/c1-6-51-32(49)18-29(26-15-23(14-21(3)34(26)40)33-20(2)8-7-9-30(33)47)44-36(50)35(25-16-24(38)10-11-28(25)39)46-19-22(12-13-45(4)5)27(17-31(46)48)37(41,42)43/h7-11,14-17,19,29,35,47H,6,12-13,18H2,1-5H3,(H,44,50)/t29-,35?/m0/s1. The van der Waals surface area contributed by atoms with Crippen molar-refractivity contribution in [3.63, 3.8) is 0 Å². The Hall–Kier alpha value is -4.56. The second-order valence-electron chi connectivity index (χ2n) is 12.3. The Balaban J connectivity index is 1.94. The Morgan fingerprint density at radius 3 is 2.35 bits per heavy atom. The number of phenols is 1. The number of carbonyl (C=O) groups excluding carboxylic acids is 2. The predicted molar refractivity (Wildman–Crippen MR) is 185 cm³/mol. The molecular formula is C37H37BrF5N3O5. The van der Waals surface area contributed by atoms with Crippen molar-refractivity contribution in [1.82, 2.24) is 14.8 Å². The van der Waals surface area contributed by atoms with Gasteiger partial charge in [-0.1, -0.05) is 28.1 Å². The molecule has 14 heteroatoms. The molecule has 0 saturated heterocycles. The van der Waals surface area contributed by atoms with Crippen molar-refractivity contribution in [3.8, 4) is 16.9 Å². The highest BCUT2D eigenvalue weighted by atomic mass is 79.9. The molecule has 1 amide bonds. The summed E-state index contributed by atoms with van der Waals surface area (Å²) in [5.41, 5.74) is -1.85. The van der Waals surface area contributed by atoms with Crippen LogP contribution in [0, 0.1) is 25.5 Å². The molecule has 4 aromatic rings. The Labute approximate surface area is 300 Å². The minimum absolute atomic E-state index is 0.0410. The van der Waals surface area contributed by atoms with Gasteiger partial charge in [0.15, 0.2) is 0 Å². The zero-order chi connectivity index (χ0) is 37.8. The zero-order valence-electron chi connectivity index (χ0n) is 28.5. The molecule has 1 aromatic heterocycles. The molecule has 8 nitrogen and oxygen atoms in total. The lowest BCUT2D eigenvalue weighted by Crippen LogP contribution is -2.41. The molecule has 0 spiro atoms. The summed E-state index contributed by atoms with van der Waals surface area (Å²) < 4.78 is 80.0. The Kier molecular flexibility index (Phi) is 12.5. The van der Waals surface area contributed by atoms with Crippen LogP contribution in [0.4, 0.5) is 22.0 Å². The van der Waals surface area contributed by atoms with Gasteiger partial charge in [0, 0.05) is 40.0 Å². The van der Waals surface area contributed by atoms with Gasteiger partial charge in [-0.05, 0) is 99.9 Å². The second kappa shape index (κ2) is 16.2. The summed E-state index contributed by atoms with van der Waals surface area (Å²) in [7, 11) is 3.30. The summed E-state index contributed by atoms with van der Waals surface area (Å²) in [6.07, 6.45) is -4.81. The lowest BCUT2D eigenvalue weighted by atomic mass is 9.92. The number of amides is 1. The average Bonchev–Trinajstić information content (AvgIpc) is 3.03. The molecule has 51 heavy (non-hydrogen) atoms. The van der Waals surface area contributed by atoms with Gasteiger partial charge in [0.2, 0.25) is 5.91 Å². The fraction of sp³-hybridized carbons (Fsp3) is 0.324.